The van der Waals surface area contributed by atoms with Gasteiger partial charge in [-0.1, -0.05) is 31.7 Å². The Morgan fingerprint density at radius 1 is 1.20 bits per heavy atom. The van der Waals surface area contributed by atoms with Gasteiger partial charge in [-0.15, -0.1) is 0 Å². The number of carbonyl (C=O) groups is 3. The van der Waals surface area contributed by atoms with Crippen molar-refractivity contribution < 1.29 is 29.0 Å². The largest absolute Gasteiger partial charge is 0.465 e. The number of carboxylic acid groups (broad SMARTS) is 1. The number of rotatable bonds is 12. The van der Waals surface area contributed by atoms with Gasteiger partial charge in [0.1, 0.15) is 17.5 Å². The first-order valence-corrected chi connectivity index (χ1v) is 12.7. The van der Waals surface area contributed by atoms with Crippen LogP contribution in [0.2, 0.25) is 0 Å². The van der Waals surface area contributed by atoms with E-state index in [2.05, 4.69) is 22.8 Å². The third kappa shape index (κ3) is 8.00. The van der Waals surface area contributed by atoms with Crippen molar-refractivity contribution in [1.82, 2.24) is 15.2 Å². The van der Waals surface area contributed by atoms with Crippen molar-refractivity contribution in [2.24, 2.45) is 0 Å². The summed E-state index contributed by atoms with van der Waals surface area (Å²) < 4.78 is 10.5. The van der Waals surface area contributed by atoms with Gasteiger partial charge in [-0.3, -0.25) is 0 Å². The highest BCUT2D eigenvalue weighted by molar-refractivity contribution is 5.81. The second kappa shape index (κ2) is 12.6. The van der Waals surface area contributed by atoms with Crippen LogP contribution in [0.15, 0.2) is 12.1 Å². The predicted molar refractivity (Wildman–Crippen MR) is 130 cm³/mol. The van der Waals surface area contributed by atoms with Gasteiger partial charge in [0.15, 0.2) is 0 Å². The lowest BCUT2D eigenvalue weighted by Crippen LogP contribution is -2.64. The van der Waals surface area contributed by atoms with Gasteiger partial charge in [-0.05, 0) is 57.6 Å². The topological polar surface area (TPSA) is 130 Å². The molecular formula is C25H38N4O6. The van der Waals surface area contributed by atoms with Crippen molar-refractivity contribution in [2.45, 2.75) is 83.3 Å². The fraction of sp³-hybridized carbons (Fsp3) is 0.680. The first kappa shape index (κ1) is 26.6. The molecule has 194 valence electrons. The molecule has 0 spiro atoms. The van der Waals surface area contributed by atoms with Gasteiger partial charge >= 0.3 is 18.2 Å². The fourth-order valence-electron chi connectivity index (χ4n) is 4.54. The van der Waals surface area contributed by atoms with Crippen LogP contribution in [0.3, 0.4) is 0 Å². The third-order valence-corrected chi connectivity index (χ3v) is 6.40. The lowest BCUT2D eigenvalue weighted by atomic mass is 9.97. The van der Waals surface area contributed by atoms with E-state index in [9.17, 15) is 14.4 Å². The number of likely N-dealkylation sites (tertiary alicyclic amines) is 1. The maximum absolute atomic E-state index is 12.3. The molecule has 1 aromatic rings. The van der Waals surface area contributed by atoms with Crippen molar-refractivity contribution in [2.75, 3.05) is 31.6 Å². The Morgan fingerprint density at radius 2 is 1.94 bits per heavy atom. The smallest absolute Gasteiger partial charge is 0.408 e. The zero-order chi connectivity index (χ0) is 25.3. The van der Waals surface area contributed by atoms with Gasteiger partial charge < -0.3 is 30.1 Å². The molecule has 3 heterocycles. The van der Waals surface area contributed by atoms with Gasteiger partial charge in [-0.2, -0.15) is 0 Å². The normalized spacial score (nSPS) is 16.8. The Kier molecular flexibility index (Phi) is 9.56. The Balaban J connectivity index is 1.34. The average Bonchev–Trinajstić information content (AvgIpc) is 2.80. The van der Waals surface area contributed by atoms with E-state index in [-0.39, 0.29) is 19.7 Å². The summed E-state index contributed by atoms with van der Waals surface area (Å²) in [5, 5.41) is 14.9. The zero-order valence-electron chi connectivity index (χ0n) is 20.8. The van der Waals surface area contributed by atoms with E-state index in [1.807, 2.05) is 0 Å². The van der Waals surface area contributed by atoms with Crippen LogP contribution in [0.5, 0.6) is 0 Å². The Bertz CT molecular complexity index is 887. The summed E-state index contributed by atoms with van der Waals surface area (Å²) in [5.41, 5.74) is 1.54. The minimum Gasteiger partial charge on any atom is -0.465 e. The van der Waals surface area contributed by atoms with E-state index < -0.39 is 29.8 Å². The molecule has 1 unspecified atom stereocenters. The molecule has 1 atom stereocenters. The molecule has 0 radical (unpaired) electrons. The van der Waals surface area contributed by atoms with E-state index in [4.69, 9.17) is 19.6 Å². The number of hydrogen-bond donors (Lipinski definition) is 3. The molecule has 0 saturated carbocycles. The maximum Gasteiger partial charge on any atom is 0.408 e. The zero-order valence-corrected chi connectivity index (χ0v) is 20.8. The third-order valence-electron chi connectivity index (χ3n) is 6.40. The number of hydrogen-bond acceptors (Lipinski definition) is 7. The number of aromatic nitrogens is 1. The van der Waals surface area contributed by atoms with Crippen LogP contribution in [0.4, 0.5) is 15.4 Å². The van der Waals surface area contributed by atoms with E-state index in [0.29, 0.717) is 6.42 Å². The second-order valence-electron chi connectivity index (χ2n) is 9.57. The number of carbonyl (C=O) groups excluding carboxylic acids is 2. The standard InChI is InChI=1S/C25H38N4O6/c1-3-34-22(30)20(28-23(31)35-25(2)16-29(17-25)24(32)33)12-8-6-4-5-7-11-19-14-13-18-10-9-15-26-21(18)27-19/h13-14,20H,3-12,15-17H2,1-2H3,(H,26,27)(H,28,31)(H,32,33). The number of ether oxygens (including phenoxy) is 2. The van der Waals surface area contributed by atoms with Crippen molar-refractivity contribution in [1.29, 1.82) is 0 Å². The highest BCUT2D eigenvalue weighted by atomic mass is 16.6. The SMILES string of the molecule is CCOC(=O)C(CCCCCCCc1ccc2c(n1)NCCC2)NC(=O)OC1(C)CN(C(=O)O)C1. The van der Waals surface area contributed by atoms with Crippen molar-refractivity contribution >= 4 is 24.0 Å². The number of fused-ring (bicyclic) bond motifs is 1. The quantitative estimate of drug-likeness (QED) is 0.298. The van der Waals surface area contributed by atoms with E-state index in [0.717, 1.165) is 74.3 Å². The number of nitrogens with zero attached hydrogens (tertiary/aromatic N) is 2. The van der Waals surface area contributed by atoms with Crippen LogP contribution in [-0.2, 0) is 27.1 Å². The summed E-state index contributed by atoms with van der Waals surface area (Å²) in [5.74, 6) is 0.553. The molecule has 0 aromatic carbocycles. The van der Waals surface area contributed by atoms with Gasteiger partial charge in [0.2, 0.25) is 0 Å². The van der Waals surface area contributed by atoms with E-state index >= 15 is 0 Å². The number of anilines is 1. The first-order valence-electron chi connectivity index (χ1n) is 12.7. The Hall–Kier alpha value is -3.04. The van der Waals surface area contributed by atoms with Crippen molar-refractivity contribution in [3.05, 3.63) is 23.4 Å². The van der Waals surface area contributed by atoms with E-state index in [1.54, 1.807) is 13.8 Å². The Labute approximate surface area is 206 Å². The molecule has 35 heavy (non-hydrogen) atoms. The van der Waals surface area contributed by atoms with Gasteiger partial charge in [0.25, 0.3) is 0 Å². The van der Waals surface area contributed by atoms with Crippen LogP contribution in [0.25, 0.3) is 0 Å². The first-order chi connectivity index (χ1) is 16.8. The molecule has 3 rings (SSSR count). The van der Waals surface area contributed by atoms with E-state index in [1.165, 1.54) is 5.56 Å². The summed E-state index contributed by atoms with van der Waals surface area (Å²) >= 11 is 0. The molecule has 10 heteroatoms. The summed E-state index contributed by atoms with van der Waals surface area (Å²) in [4.78, 5) is 41.5. The predicted octanol–water partition coefficient (Wildman–Crippen LogP) is 3.73. The molecular weight excluding hydrogens is 452 g/mol. The average molecular weight is 491 g/mol. The number of nitrogens with one attached hydrogen (secondary N) is 2. The van der Waals surface area contributed by atoms with Crippen LogP contribution < -0.4 is 10.6 Å². The van der Waals surface area contributed by atoms with Crippen molar-refractivity contribution in [3.63, 3.8) is 0 Å². The van der Waals surface area contributed by atoms with Crippen LogP contribution in [0.1, 0.15) is 70.1 Å². The van der Waals surface area contributed by atoms with Gasteiger partial charge in [-0.25, -0.2) is 19.4 Å². The lowest BCUT2D eigenvalue weighted by molar-refractivity contribution is -0.146. The number of unbranched alkanes of at least 4 members (excludes halogenated alkanes) is 4. The highest BCUT2D eigenvalue weighted by Crippen LogP contribution is 2.25. The number of pyridine rings is 1. The minimum absolute atomic E-state index is 0.108. The summed E-state index contributed by atoms with van der Waals surface area (Å²) in [7, 11) is 0. The van der Waals surface area contributed by atoms with Crippen LogP contribution >= 0.6 is 0 Å². The molecule has 0 bridgehead atoms. The van der Waals surface area contributed by atoms with Crippen LogP contribution in [-0.4, -0.2) is 71.0 Å². The number of aryl methyl sites for hydroxylation is 2. The second-order valence-corrected chi connectivity index (χ2v) is 9.57. The maximum atomic E-state index is 12.3. The van der Waals surface area contributed by atoms with Crippen molar-refractivity contribution in [3.8, 4) is 0 Å². The number of amides is 2. The Morgan fingerprint density at radius 3 is 2.69 bits per heavy atom. The van der Waals surface area contributed by atoms with Gasteiger partial charge in [0.05, 0.1) is 19.7 Å². The molecule has 1 aromatic heterocycles. The summed E-state index contributed by atoms with van der Waals surface area (Å²) in [6.45, 7) is 4.82. The van der Waals surface area contributed by atoms with Crippen LogP contribution in [0, 0.1) is 0 Å². The number of esters is 1. The van der Waals surface area contributed by atoms with Gasteiger partial charge in [0, 0.05) is 12.2 Å². The summed E-state index contributed by atoms with van der Waals surface area (Å²) in [6, 6.07) is 3.53. The molecule has 2 aliphatic heterocycles. The fourth-order valence-corrected chi connectivity index (χ4v) is 4.54. The molecule has 10 nitrogen and oxygen atoms in total. The molecule has 0 aliphatic carbocycles. The monoisotopic (exact) mass is 490 g/mol. The molecule has 3 N–H and O–H groups in total. The molecule has 1 saturated heterocycles. The lowest BCUT2D eigenvalue weighted by Gasteiger charge is -2.45. The number of alkyl carbamates (subject to hydrolysis) is 1. The minimum atomic E-state index is -1.05. The highest BCUT2D eigenvalue weighted by Gasteiger charge is 2.45. The molecule has 2 aliphatic rings. The molecule has 2 amide bonds. The summed E-state index contributed by atoms with van der Waals surface area (Å²) in [6.07, 6.45) is 6.76. The molecule has 1 fully saturated rings.